The minimum Gasteiger partial charge on any atom is -0.306 e. The van der Waals surface area contributed by atoms with Gasteiger partial charge in [0.05, 0.1) is 0 Å². The summed E-state index contributed by atoms with van der Waals surface area (Å²) in [5.74, 6) is 0. The fraction of sp³-hybridized carbons (Fsp3) is 0.294. The van der Waals surface area contributed by atoms with Crippen molar-refractivity contribution < 1.29 is 0 Å². The molecule has 1 N–H and O–H groups in total. The van der Waals surface area contributed by atoms with Gasteiger partial charge in [-0.2, -0.15) is 11.3 Å². The lowest BCUT2D eigenvalue weighted by Gasteiger charge is -2.22. The third kappa shape index (κ3) is 4.27. The summed E-state index contributed by atoms with van der Waals surface area (Å²) in [5, 5.41) is 12.6. The number of rotatable bonds is 7. The largest absolute Gasteiger partial charge is 0.306 e. The lowest BCUT2D eigenvalue weighted by atomic mass is 10.1. The average molecular weight is 334 g/mol. The van der Waals surface area contributed by atoms with Crippen molar-refractivity contribution in [3.8, 4) is 0 Å². The number of nitrogens with one attached hydrogen (secondary N) is 1. The highest BCUT2D eigenvalue weighted by Gasteiger charge is 2.17. The summed E-state index contributed by atoms with van der Waals surface area (Å²) >= 11 is 5.47. The molecular formula is C17H19NS3. The maximum absolute atomic E-state index is 3.82. The Morgan fingerprint density at radius 1 is 1.00 bits per heavy atom. The van der Waals surface area contributed by atoms with Gasteiger partial charge in [-0.15, -0.1) is 22.7 Å². The van der Waals surface area contributed by atoms with Crippen LogP contribution in [0.3, 0.4) is 0 Å². The predicted molar refractivity (Wildman–Crippen MR) is 95.7 cm³/mol. The third-order valence-corrected chi connectivity index (χ3v) is 6.10. The predicted octanol–water partition coefficient (Wildman–Crippen LogP) is 5.38. The molecule has 0 spiro atoms. The normalized spacial score (nSPS) is 14.1. The Labute approximate surface area is 138 Å². The van der Waals surface area contributed by atoms with E-state index in [1.807, 2.05) is 22.7 Å². The maximum atomic E-state index is 3.82. The summed E-state index contributed by atoms with van der Waals surface area (Å²) in [6.45, 7) is 2.28. The van der Waals surface area contributed by atoms with E-state index in [0.29, 0.717) is 12.1 Å². The van der Waals surface area contributed by atoms with Crippen LogP contribution in [0.5, 0.6) is 0 Å². The molecule has 21 heavy (non-hydrogen) atoms. The molecule has 0 radical (unpaired) electrons. The van der Waals surface area contributed by atoms with Gasteiger partial charge in [0.2, 0.25) is 0 Å². The molecule has 0 aliphatic rings. The molecule has 3 rings (SSSR count). The first-order valence-electron chi connectivity index (χ1n) is 7.14. The number of hydrogen-bond acceptors (Lipinski definition) is 4. The summed E-state index contributed by atoms with van der Waals surface area (Å²) in [4.78, 5) is 2.88. The van der Waals surface area contributed by atoms with Crippen LogP contribution in [-0.2, 0) is 12.8 Å². The number of hydrogen-bond donors (Lipinski definition) is 1. The van der Waals surface area contributed by atoms with Crippen molar-refractivity contribution in [1.82, 2.24) is 5.32 Å². The second kappa shape index (κ2) is 7.36. The Hall–Kier alpha value is -0.940. The van der Waals surface area contributed by atoms with E-state index in [-0.39, 0.29) is 0 Å². The van der Waals surface area contributed by atoms with Gasteiger partial charge < -0.3 is 5.32 Å². The van der Waals surface area contributed by atoms with Gasteiger partial charge in [0, 0.05) is 28.3 Å². The van der Waals surface area contributed by atoms with E-state index in [9.17, 15) is 0 Å². The molecule has 0 aliphatic carbocycles. The van der Waals surface area contributed by atoms with Crippen LogP contribution in [0.1, 0.15) is 28.3 Å². The van der Waals surface area contributed by atoms with Gasteiger partial charge in [-0.05, 0) is 58.6 Å². The van der Waals surface area contributed by atoms with Crippen molar-refractivity contribution in [2.45, 2.75) is 31.8 Å². The van der Waals surface area contributed by atoms with E-state index in [1.54, 1.807) is 11.3 Å². The van der Waals surface area contributed by atoms with Gasteiger partial charge in [0.15, 0.2) is 0 Å². The third-order valence-electron chi connectivity index (χ3n) is 3.48. The summed E-state index contributed by atoms with van der Waals surface area (Å²) in [6.07, 6.45) is 2.17. The van der Waals surface area contributed by atoms with Crippen LogP contribution < -0.4 is 5.32 Å². The Bertz CT molecular complexity index is 611. The van der Waals surface area contributed by atoms with Crippen LogP contribution in [0.2, 0.25) is 0 Å². The van der Waals surface area contributed by atoms with Gasteiger partial charge in [0.25, 0.3) is 0 Å². The first kappa shape index (κ1) is 15.0. The molecule has 2 unspecified atom stereocenters. The molecule has 0 saturated heterocycles. The Morgan fingerprint density at radius 2 is 1.86 bits per heavy atom. The van der Waals surface area contributed by atoms with Crippen LogP contribution in [0.15, 0.2) is 51.9 Å². The smallest absolute Gasteiger partial charge is 0.0465 e. The topological polar surface area (TPSA) is 12.0 Å². The van der Waals surface area contributed by atoms with Crippen LogP contribution in [0.25, 0.3) is 0 Å². The lowest BCUT2D eigenvalue weighted by molar-refractivity contribution is 0.457. The molecule has 0 bridgehead atoms. The molecule has 3 heterocycles. The maximum Gasteiger partial charge on any atom is 0.0465 e. The Kier molecular flexibility index (Phi) is 5.25. The van der Waals surface area contributed by atoms with Gasteiger partial charge in [0.1, 0.15) is 0 Å². The molecule has 110 valence electrons. The lowest BCUT2D eigenvalue weighted by Crippen LogP contribution is -2.32. The molecule has 0 fully saturated rings. The fourth-order valence-corrected chi connectivity index (χ4v) is 4.75. The average Bonchev–Trinajstić information content (AvgIpc) is 3.22. The van der Waals surface area contributed by atoms with Gasteiger partial charge in [-0.25, -0.2) is 0 Å². The summed E-state index contributed by atoms with van der Waals surface area (Å²) < 4.78 is 0. The van der Waals surface area contributed by atoms with Crippen molar-refractivity contribution in [1.29, 1.82) is 0 Å². The first-order valence-corrected chi connectivity index (χ1v) is 9.84. The van der Waals surface area contributed by atoms with Crippen molar-refractivity contribution in [2.75, 3.05) is 0 Å². The highest BCUT2D eigenvalue weighted by atomic mass is 32.1. The van der Waals surface area contributed by atoms with E-state index < -0.39 is 0 Å². The monoisotopic (exact) mass is 333 g/mol. The van der Waals surface area contributed by atoms with E-state index in [4.69, 9.17) is 0 Å². The molecular weight excluding hydrogens is 314 g/mol. The van der Waals surface area contributed by atoms with Gasteiger partial charge in [-0.1, -0.05) is 12.1 Å². The molecule has 4 heteroatoms. The summed E-state index contributed by atoms with van der Waals surface area (Å²) in [6, 6.07) is 11.9. The van der Waals surface area contributed by atoms with E-state index in [2.05, 4.69) is 64.1 Å². The second-order valence-electron chi connectivity index (χ2n) is 5.25. The Balaban J connectivity index is 1.67. The standard InChI is InChI=1S/C17H19NS3/c1-13(10-14-6-9-19-12-14)18-16(17-5-3-8-21-17)11-15-4-2-7-20-15/h2-9,12-13,16,18H,10-11H2,1H3. The van der Waals surface area contributed by atoms with Gasteiger partial charge >= 0.3 is 0 Å². The summed E-state index contributed by atoms with van der Waals surface area (Å²) in [7, 11) is 0. The zero-order chi connectivity index (χ0) is 14.5. The second-order valence-corrected chi connectivity index (χ2v) is 8.05. The SMILES string of the molecule is CC(Cc1ccsc1)NC(Cc1cccs1)c1cccs1. The minimum atomic E-state index is 0.414. The van der Waals surface area contributed by atoms with Gasteiger partial charge in [-0.3, -0.25) is 0 Å². The molecule has 3 aromatic rings. The quantitative estimate of drug-likeness (QED) is 0.612. The van der Waals surface area contributed by atoms with Crippen LogP contribution >= 0.6 is 34.0 Å². The Morgan fingerprint density at radius 3 is 2.52 bits per heavy atom. The van der Waals surface area contributed by atoms with Crippen molar-refractivity contribution in [3.63, 3.8) is 0 Å². The zero-order valence-electron chi connectivity index (χ0n) is 12.0. The van der Waals surface area contributed by atoms with E-state index >= 15 is 0 Å². The highest BCUT2D eigenvalue weighted by Crippen LogP contribution is 2.25. The van der Waals surface area contributed by atoms with Crippen LogP contribution in [0.4, 0.5) is 0 Å². The van der Waals surface area contributed by atoms with E-state index in [0.717, 1.165) is 12.8 Å². The van der Waals surface area contributed by atoms with Crippen molar-refractivity contribution in [3.05, 3.63) is 67.2 Å². The highest BCUT2D eigenvalue weighted by molar-refractivity contribution is 7.10. The van der Waals surface area contributed by atoms with E-state index in [1.165, 1.54) is 15.3 Å². The first-order chi connectivity index (χ1) is 10.3. The molecule has 0 saturated carbocycles. The van der Waals surface area contributed by atoms with Crippen molar-refractivity contribution >= 4 is 34.0 Å². The molecule has 2 atom stereocenters. The minimum absolute atomic E-state index is 0.414. The molecule has 1 nitrogen and oxygen atoms in total. The van der Waals surface area contributed by atoms with Crippen LogP contribution in [0, 0.1) is 0 Å². The summed E-state index contributed by atoms with van der Waals surface area (Å²) in [5.41, 5.74) is 1.43. The van der Waals surface area contributed by atoms with Crippen molar-refractivity contribution in [2.24, 2.45) is 0 Å². The zero-order valence-corrected chi connectivity index (χ0v) is 14.4. The van der Waals surface area contributed by atoms with Crippen LogP contribution in [-0.4, -0.2) is 6.04 Å². The molecule has 3 aromatic heterocycles. The molecule has 0 aliphatic heterocycles. The molecule has 0 amide bonds. The fourth-order valence-electron chi connectivity index (χ4n) is 2.53. The number of thiophene rings is 3. The molecule has 0 aromatic carbocycles.